The minimum atomic E-state index is -0.0223. The summed E-state index contributed by atoms with van der Waals surface area (Å²) in [7, 11) is 0. The molecule has 84 valence electrons. The van der Waals surface area contributed by atoms with Crippen molar-refractivity contribution in [1.29, 1.82) is 0 Å². The second-order valence-corrected chi connectivity index (χ2v) is 4.86. The lowest BCUT2D eigenvalue weighted by atomic mass is 9.82. The predicted octanol–water partition coefficient (Wildman–Crippen LogP) is 0.733. The largest absolute Gasteiger partial charge is 0.393 e. The van der Waals surface area contributed by atoms with Crippen molar-refractivity contribution < 1.29 is 5.11 Å². The Labute approximate surface area is 87.3 Å². The first-order valence-corrected chi connectivity index (χ1v) is 5.72. The van der Waals surface area contributed by atoms with Crippen LogP contribution in [-0.4, -0.2) is 36.4 Å². The topological polar surface area (TPSA) is 44.3 Å². The summed E-state index contributed by atoms with van der Waals surface area (Å²) in [6, 6.07) is 1.08. The summed E-state index contributed by atoms with van der Waals surface area (Å²) in [6.45, 7) is 8.60. The van der Waals surface area contributed by atoms with Crippen molar-refractivity contribution >= 4 is 0 Å². The Morgan fingerprint density at radius 2 is 1.86 bits per heavy atom. The van der Waals surface area contributed by atoms with Crippen molar-refractivity contribution in [2.45, 2.75) is 51.8 Å². The van der Waals surface area contributed by atoms with E-state index in [9.17, 15) is 0 Å². The molecule has 0 aromatic carbocycles. The Morgan fingerprint density at radius 3 is 2.36 bits per heavy atom. The van der Waals surface area contributed by atoms with Crippen molar-refractivity contribution in [2.75, 3.05) is 13.1 Å². The monoisotopic (exact) mass is 200 g/mol. The summed E-state index contributed by atoms with van der Waals surface area (Å²) in [6.07, 6.45) is 1.94. The fourth-order valence-electron chi connectivity index (χ4n) is 1.72. The second kappa shape index (κ2) is 5.69. The Morgan fingerprint density at radius 1 is 1.21 bits per heavy atom. The number of hydrogen-bond donors (Lipinski definition) is 3. The smallest absolute Gasteiger partial charge is 0.0546 e. The molecular weight excluding hydrogens is 176 g/mol. The lowest BCUT2D eigenvalue weighted by Crippen LogP contribution is -2.43. The second-order valence-electron chi connectivity index (χ2n) is 4.86. The summed E-state index contributed by atoms with van der Waals surface area (Å²) < 4.78 is 0. The predicted molar refractivity (Wildman–Crippen MR) is 59.3 cm³/mol. The number of aliphatic hydroxyl groups is 1. The molecule has 0 aliphatic heterocycles. The summed E-state index contributed by atoms with van der Waals surface area (Å²) in [5, 5.41) is 16.0. The fourth-order valence-corrected chi connectivity index (χ4v) is 1.72. The highest BCUT2D eigenvalue weighted by molar-refractivity contribution is 4.81. The molecule has 3 N–H and O–H groups in total. The van der Waals surface area contributed by atoms with Gasteiger partial charge in [0.05, 0.1) is 6.10 Å². The van der Waals surface area contributed by atoms with Gasteiger partial charge in [-0.2, -0.15) is 0 Å². The molecule has 0 saturated heterocycles. The maximum Gasteiger partial charge on any atom is 0.0546 e. The minimum Gasteiger partial charge on any atom is -0.393 e. The highest BCUT2D eigenvalue weighted by atomic mass is 16.3. The maximum absolute atomic E-state index is 9.12. The fraction of sp³-hybridized carbons (Fsp3) is 1.00. The molecule has 0 aromatic heterocycles. The molecule has 1 saturated carbocycles. The molecule has 3 heteroatoms. The van der Waals surface area contributed by atoms with Gasteiger partial charge in [-0.3, -0.25) is 0 Å². The molecule has 0 bridgehead atoms. The standard InChI is InChI=1S/C11H24N2O/c1-8(2)12-6-9(3)13-7-10-4-11(14)5-10/h8-14H,4-7H2,1-3H3. The third kappa shape index (κ3) is 4.40. The summed E-state index contributed by atoms with van der Waals surface area (Å²) in [4.78, 5) is 0. The van der Waals surface area contributed by atoms with E-state index in [0.29, 0.717) is 18.0 Å². The SMILES string of the molecule is CC(C)NCC(C)NCC1CC(O)C1. The van der Waals surface area contributed by atoms with Crippen LogP contribution in [0.5, 0.6) is 0 Å². The molecule has 1 aliphatic carbocycles. The zero-order valence-electron chi connectivity index (χ0n) is 9.59. The van der Waals surface area contributed by atoms with Crippen LogP contribution in [0.3, 0.4) is 0 Å². The van der Waals surface area contributed by atoms with Crippen LogP contribution >= 0.6 is 0 Å². The van der Waals surface area contributed by atoms with E-state index in [1.165, 1.54) is 0 Å². The highest BCUT2D eigenvalue weighted by Crippen LogP contribution is 2.26. The number of nitrogens with one attached hydrogen (secondary N) is 2. The van der Waals surface area contributed by atoms with Gasteiger partial charge in [-0.15, -0.1) is 0 Å². The van der Waals surface area contributed by atoms with E-state index in [4.69, 9.17) is 5.11 Å². The van der Waals surface area contributed by atoms with Gasteiger partial charge in [-0.05, 0) is 32.2 Å². The third-order valence-corrected chi connectivity index (χ3v) is 2.80. The van der Waals surface area contributed by atoms with Crippen LogP contribution in [0.1, 0.15) is 33.6 Å². The molecule has 1 aliphatic rings. The summed E-state index contributed by atoms with van der Waals surface area (Å²) in [5.41, 5.74) is 0. The average Bonchev–Trinajstić information content (AvgIpc) is 2.07. The Bertz CT molecular complexity index is 155. The summed E-state index contributed by atoms with van der Waals surface area (Å²) in [5.74, 6) is 0.700. The number of hydrogen-bond acceptors (Lipinski definition) is 3. The number of rotatable bonds is 6. The molecule has 1 rings (SSSR count). The minimum absolute atomic E-state index is 0.0223. The zero-order valence-corrected chi connectivity index (χ0v) is 9.59. The molecular formula is C11H24N2O. The van der Waals surface area contributed by atoms with Crippen LogP contribution < -0.4 is 10.6 Å². The van der Waals surface area contributed by atoms with Crippen LogP contribution in [0.4, 0.5) is 0 Å². The van der Waals surface area contributed by atoms with Gasteiger partial charge in [0.2, 0.25) is 0 Å². The van der Waals surface area contributed by atoms with E-state index in [0.717, 1.165) is 25.9 Å². The molecule has 0 heterocycles. The van der Waals surface area contributed by atoms with Crippen molar-refractivity contribution in [2.24, 2.45) is 5.92 Å². The van der Waals surface area contributed by atoms with Crippen LogP contribution in [0.2, 0.25) is 0 Å². The van der Waals surface area contributed by atoms with Gasteiger partial charge in [0.15, 0.2) is 0 Å². The van der Waals surface area contributed by atoms with Crippen LogP contribution in [0, 0.1) is 5.92 Å². The molecule has 1 unspecified atom stereocenters. The molecule has 0 aromatic rings. The van der Waals surface area contributed by atoms with Gasteiger partial charge in [0.25, 0.3) is 0 Å². The van der Waals surface area contributed by atoms with Crippen LogP contribution in [0.15, 0.2) is 0 Å². The van der Waals surface area contributed by atoms with E-state index in [1.54, 1.807) is 0 Å². The molecule has 0 spiro atoms. The van der Waals surface area contributed by atoms with Gasteiger partial charge >= 0.3 is 0 Å². The Kier molecular flexibility index (Phi) is 4.85. The molecule has 14 heavy (non-hydrogen) atoms. The first-order valence-electron chi connectivity index (χ1n) is 5.72. The van der Waals surface area contributed by atoms with E-state index < -0.39 is 0 Å². The highest BCUT2D eigenvalue weighted by Gasteiger charge is 2.26. The van der Waals surface area contributed by atoms with Crippen LogP contribution in [0.25, 0.3) is 0 Å². The van der Waals surface area contributed by atoms with Gasteiger partial charge in [0, 0.05) is 18.6 Å². The quantitative estimate of drug-likeness (QED) is 0.592. The normalized spacial score (nSPS) is 28.9. The summed E-state index contributed by atoms with van der Waals surface area (Å²) >= 11 is 0. The van der Waals surface area contributed by atoms with E-state index in [-0.39, 0.29) is 6.10 Å². The van der Waals surface area contributed by atoms with E-state index in [1.807, 2.05) is 0 Å². The molecule has 1 atom stereocenters. The average molecular weight is 200 g/mol. The maximum atomic E-state index is 9.12. The van der Waals surface area contributed by atoms with Crippen LogP contribution in [-0.2, 0) is 0 Å². The van der Waals surface area contributed by atoms with Crippen molar-refractivity contribution in [3.63, 3.8) is 0 Å². The third-order valence-electron chi connectivity index (χ3n) is 2.80. The molecule has 0 radical (unpaired) electrons. The Balaban J connectivity index is 1.95. The molecule has 1 fully saturated rings. The Hall–Kier alpha value is -0.120. The van der Waals surface area contributed by atoms with Gasteiger partial charge in [-0.1, -0.05) is 13.8 Å². The molecule has 3 nitrogen and oxygen atoms in total. The van der Waals surface area contributed by atoms with Crippen molar-refractivity contribution in [3.05, 3.63) is 0 Å². The lowest BCUT2D eigenvalue weighted by molar-refractivity contribution is 0.0420. The van der Waals surface area contributed by atoms with Gasteiger partial charge in [-0.25, -0.2) is 0 Å². The first kappa shape index (κ1) is 12.0. The van der Waals surface area contributed by atoms with Gasteiger partial charge < -0.3 is 15.7 Å². The van der Waals surface area contributed by atoms with Crippen molar-refractivity contribution in [1.82, 2.24) is 10.6 Å². The molecule has 0 amide bonds. The number of aliphatic hydroxyl groups excluding tert-OH is 1. The zero-order chi connectivity index (χ0) is 10.6. The lowest BCUT2D eigenvalue weighted by Gasteiger charge is -2.32. The first-order chi connectivity index (χ1) is 6.58. The van der Waals surface area contributed by atoms with E-state index >= 15 is 0 Å². The van der Waals surface area contributed by atoms with E-state index in [2.05, 4.69) is 31.4 Å². The van der Waals surface area contributed by atoms with Crippen molar-refractivity contribution in [3.8, 4) is 0 Å². The van der Waals surface area contributed by atoms with Gasteiger partial charge in [0.1, 0.15) is 0 Å².